The summed E-state index contributed by atoms with van der Waals surface area (Å²) in [5.74, 6) is -0.732. The molecule has 1 atom stereocenters. The average Bonchev–Trinajstić information content (AvgIpc) is 2.34. The SMILES string of the molecule is O=C1CC(=O)[C@@H](NC(=O)Cc2ccccc2)CN1. The van der Waals surface area contributed by atoms with Crippen molar-refractivity contribution < 1.29 is 14.4 Å². The lowest BCUT2D eigenvalue weighted by Crippen LogP contribution is -2.53. The number of rotatable bonds is 3. The van der Waals surface area contributed by atoms with Crippen molar-refractivity contribution in [3.8, 4) is 0 Å². The maximum atomic E-state index is 11.7. The third kappa shape index (κ3) is 3.16. The molecule has 1 aromatic rings. The Labute approximate surface area is 105 Å². The molecule has 2 rings (SSSR count). The fraction of sp³-hybridized carbons (Fsp3) is 0.308. The van der Waals surface area contributed by atoms with Gasteiger partial charge in [0.15, 0.2) is 5.78 Å². The summed E-state index contributed by atoms with van der Waals surface area (Å²) in [5.41, 5.74) is 0.891. The van der Waals surface area contributed by atoms with Crippen molar-refractivity contribution in [1.82, 2.24) is 10.6 Å². The molecule has 18 heavy (non-hydrogen) atoms. The quantitative estimate of drug-likeness (QED) is 0.725. The zero-order valence-corrected chi connectivity index (χ0v) is 9.81. The van der Waals surface area contributed by atoms with Gasteiger partial charge in [0.1, 0.15) is 6.04 Å². The molecule has 94 valence electrons. The van der Waals surface area contributed by atoms with Gasteiger partial charge >= 0.3 is 0 Å². The zero-order valence-electron chi connectivity index (χ0n) is 9.81. The van der Waals surface area contributed by atoms with Crippen molar-refractivity contribution in [3.05, 3.63) is 35.9 Å². The molecule has 0 saturated carbocycles. The first kappa shape index (κ1) is 12.3. The number of amides is 2. The summed E-state index contributed by atoms with van der Waals surface area (Å²) in [5, 5.41) is 5.19. The zero-order chi connectivity index (χ0) is 13.0. The first-order chi connectivity index (χ1) is 8.65. The minimum Gasteiger partial charge on any atom is -0.353 e. The molecule has 0 aliphatic carbocycles. The Morgan fingerprint density at radius 1 is 1.28 bits per heavy atom. The Hall–Kier alpha value is -2.17. The van der Waals surface area contributed by atoms with Crippen LogP contribution in [0.2, 0.25) is 0 Å². The van der Waals surface area contributed by atoms with E-state index in [1.54, 1.807) is 0 Å². The first-order valence-electron chi connectivity index (χ1n) is 5.78. The van der Waals surface area contributed by atoms with Gasteiger partial charge in [0.25, 0.3) is 0 Å². The van der Waals surface area contributed by atoms with Crippen LogP contribution < -0.4 is 10.6 Å². The third-order valence-electron chi connectivity index (χ3n) is 2.77. The molecule has 1 heterocycles. The van der Waals surface area contributed by atoms with Crippen LogP contribution in [0.1, 0.15) is 12.0 Å². The lowest BCUT2D eigenvalue weighted by Gasteiger charge is -2.22. The Bertz CT molecular complexity index is 470. The topological polar surface area (TPSA) is 75.3 Å². The van der Waals surface area contributed by atoms with Gasteiger partial charge in [0, 0.05) is 6.54 Å². The molecule has 2 N–H and O–H groups in total. The van der Waals surface area contributed by atoms with Crippen LogP contribution in [0.5, 0.6) is 0 Å². The highest BCUT2D eigenvalue weighted by atomic mass is 16.2. The fourth-order valence-electron chi connectivity index (χ4n) is 1.83. The molecule has 0 bridgehead atoms. The molecule has 0 spiro atoms. The van der Waals surface area contributed by atoms with E-state index in [-0.39, 0.29) is 37.0 Å². The van der Waals surface area contributed by atoms with Gasteiger partial charge in [-0.25, -0.2) is 0 Å². The molecule has 1 aliphatic rings. The van der Waals surface area contributed by atoms with Gasteiger partial charge in [-0.3, -0.25) is 14.4 Å². The van der Waals surface area contributed by atoms with Gasteiger partial charge in [-0.1, -0.05) is 30.3 Å². The van der Waals surface area contributed by atoms with Gasteiger partial charge in [-0.15, -0.1) is 0 Å². The molecule has 0 radical (unpaired) electrons. The highest BCUT2D eigenvalue weighted by Gasteiger charge is 2.27. The Morgan fingerprint density at radius 2 is 2.00 bits per heavy atom. The van der Waals surface area contributed by atoms with E-state index < -0.39 is 6.04 Å². The van der Waals surface area contributed by atoms with E-state index in [4.69, 9.17) is 0 Å². The third-order valence-corrected chi connectivity index (χ3v) is 2.77. The molecule has 1 aromatic carbocycles. The molecular formula is C13H14N2O3. The standard InChI is InChI=1S/C13H14N2O3/c16-11-7-12(17)14-8-10(11)15-13(18)6-9-4-2-1-3-5-9/h1-5,10H,6-8H2,(H,14,17)(H,15,18)/t10-/m0/s1. The number of carbonyl (C=O) groups excluding carboxylic acids is 3. The number of hydrogen-bond donors (Lipinski definition) is 2. The molecule has 1 fully saturated rings. The molecule has 1 saturated heterocycles. The van der Waals surface area contributed by atoms with Gasteiger partial charge < -0.3 is 10.6 Å². The van der Waals surface area contributed by atoms with Crippen molar-refractivity contribution in [2.75, 3.05) is 6.54 Å². The molecule has 1 aliphatic heterocycles. The van der Waals surface area contributed by atoms with E-state index >= 15 is 0 Å². The maximum absolute atomic E-state index is 11.7. The summed E-state index contributed by atoms with van der Waals surface area (Å²) >= 11 is 0. The van der Waals surface area contributed by atoms with Crippen LogP contribution in [0.25, 0.3) is 0 Å². The summed E-state index contributed by atoms with van der Waals surface area (Å²) in [6.45, 7) is 0.179. The number of Topliss-reactive ketones (excluding diaryl/α,β-unsaturated/α-hetero) is 1. The second kappa shape index (κ2) is 5.44. The average molecular weight is 246 g/mol. The summed E-state index contributed by atoms with van der Waals surface area (Å²) in [4.78, 5) is 34.2. The normalized spacial score (nSPS) is 19.2. The van der Waals surface area contributed by atoms with Crippen LogP contribution in [0.15, 0.2) is 30.3 Å². The van der Waals surface area contributed by atoms with E-state index in [1.807, 2.05) is 30.3 Å². The van der Waals surface area contributed by atoms with Crippen LogP contribution >= 0.6 is 0 Å². The summed E-state index contributed by atoms with van der Waals surface area (Å²) in [7, 11) is 0. The second-order valence-corrected chi connectivity index (χ2v) is 4.23. The van der Waals surface area contributed by atoms with E-state index in [9.17, 15) is 14.4 Å². The lowest BCUT2D eigenvalue weighted by molar-refractivity contribution is -0.134. The Balaban J connectivity index is 1.88. The number of carbonyl (C=O) groups is 3. The van der Waals surface area contributed by atoms with Crippen molar-refractivity contribution in [3.63, 3.8) is 0 Å². The highest BCUT2D eigenvalue weighted by molar-refractivity contribution is 6.04. The van der Waals surface area contributed by atoms with Gasteiger partial charge in [-0.2, -0.15) is 0 Å². The minimum atomic E-state index is -0.598. The first-order valence-corrected chi connectivity index (χ1v) is 5.78. The van der Waals surface area contributed by atoms with Gasteiger partial charge in [0.2, 0.25) is 11.8 Å². The van der Waals surface area contributed by atoms with Crippen LogP contribution in [0.4, 0.5) is 0 Å². The summed E-state index contributed by atoms with van der Waals surface area (Å²) in [6, 6.07) is 8.69. The number of nitrogens with one attached hydrogen (secondary N) is 2. The Kier molecular flexibility index (Phi) is 3.72. The van der Waals surface area contributed by atoms with E-state index in [0.29, 0.717) is 0 Å². The predicted octanol–water partition coefficient (Wildman–Crippen LogP) is -0.197. The smallest absolute Gasteiger partial charge is 0.227 e. The lowest BCUT2D eigenvalue weighted by atomic mass is 10.0. The summed E-state index contributed by atoms with van der Waals surface area (Å²) < 4.78 is 0. The molecule has 0 unspecified atom stereocenters. The van der Waals surface area contributed by atoms with Crippen LogP contribution in [-0.2, 0) is 20.8 Å². The van der Waals surface area contributed by atoms with Gasteiger partial charge in [0.05, 0.1) is 12.8 Å². The van der Waals surface area contributed by atoms with Crippen molar-refractivity contribution in [1.29, 1.82) is 0 Å². The number of ketones is 1. The van der Waals surface area contributed by atoms with E-state index in [0.717, 1.165) is 5.56 Å². The van der Waals surface area contributed by atoms with Crippen molar-refractivity contribution in [2.45, 2.75) is 18.9 Å². The minimum absolute atomic E-state index is 0.156. The Morgan fingerprint density at radius 3 is 2.67 bits per heavy atom. The monoisotopic (exact) mass is 246 g/mol. The summed E-state index contributed by atoms with van der Waals surface area (Å²) in [6.07, 6.45) is 0.0782. The number of hydrogen-bond acceptors (Lipinski definition) is 3. The molecule has 0 aromatic heterocycles. The molecule has 5 nitrogen and oxygen atoms in total. The van der Waals surface area contributed by atoms with E-state index in [2.05, 4.69) is 10.6 Å². The van der Waals surface area contributed by atoms with Crippen molar-refractivity contribution in [2.24, 2.45) is 0 Å². The second-order valence-electron chi connectivity index (χ2n) is 4.23. The molecular weight excluding hydrogens is 232 g/mol. The maximum Gasteiger partial charge on any atom is 0.227 e. The predicted molar refractivity (Wildman–Crippen MR) is 64.7 cm³/mol. The van der Waals surface area contributed by atoms with Crippen molar-refractivity contribution >= 4 is 17.6 Å². The van der Waals surface area contributed by atoms with Crippen LogP contribution in [0, 0.1) is 0 Å². The number of benzene rings is 1. The largest absolute Gasteiger partial charge is 0.353 e. The fourth-order valence-corrected chi connectivity index (χ4v) is 1.83. The molecule has 2 amide bonds. The molecule has 5 heteroatoms. The van der Waals surface area contributed by atoms with Crippen LogP contribution in [0.3, 0.4) is 0 Å². The van der Waals surface area contributed by atoms with Crippen LogP contribution in [-0.4, -0.2) is 30.2 Å². The van der Waals surface area contributed by atoms with Gasteiger partial charge in [-0.05, 0) is 5.56 Å². The number of piperidine rings is 1. The van der Waals surface area contributed by atoms with E-state index in [1.165, 1.54) is 0 Å². The highest BCUT2D eigenvalue weighted by Crippen LogP contribution is 2.02.